The molecule has 0 radical (unpaired) electrons. The predicted molar refractivity (Wildman–Crippen MR) is 87.8 cm³/mol. The molecule has 0 unspecified atom stereocenters. The fraction of sp³-hybridized carbons (Fsp3) is 0.500. The number of thioether (sulfide) groups is 1. The van der Waals surface area contributed by atoms with Crippen molar-refractivity contribution in [3.05, 3.63) is 29.8 Å². The molecule has 5 nitrogen and oxygen atoms in total. The van der Waals surface area contributed by atoms with E-state index in [1.54, 1.807) is 42.8 Å². The van der Waals surface area contributed by atoms with Gasteiger partial charge in [0, 0.05) is 32.6 Å². The third-order valence-electron chi connectivity index (χ3n) is 3.72. The van der Waals surface area contributed by atoms with Crippen molar-refractivity contribution in [3.63, 3.8) is 0 Å². The van der Waals surface area contributed by atoms with Crippen molar-refractivity contribution in [2.45, 2.75) is 24.0 Å². The van der Waals surface area contributed by atoms with Crippen LogP contribution in [0.15, 0.2) is 24.3 Å². The van der Waals surface area contributed by atoms with Crippen LogP contribution in [0.4, 0.5) is 0 Å². The molecule has 2 rings (SSSR count). The second-order valence-electron chi connectivity index (χ2n) is 5.44. The lowest BCUT2D eigenvalue weighted by atomic mass is 10.1. The normalized spacial score (nSPS) is 21.1. The highest BCUT2D eigenvalue weighted by atomic mass is 32.2. The minimum atomic E-state index is -0.107. The molecule has 1 aliphatic rings. The molecular formula is C16H22N2O3S. The number of para-hydroxylation sites is 1. The van der Waals surface area contributed by atoms with Gasteiger partial charge in [0.25, 0.3) is 0 Å². The first kappa shape index (κ1) is 16.7. The quantitative estimate of drug-likeness (QED) is 0.833. The van der Waals surface area contributed by atoms with Crippen molar-refractivity contribution < 1.29 is 14.3 Å². The number of benzene rings is 1. The van der Waals surface area contributed by atoms with Gasteiger partial charge in [0.15, 0.2) is 0 Å². The van der Waals surface area contributed by atoms with Gasteiger partial charge < -0.3 is 14.5 Å². The van der Waals surface area contributed by atoms with Crippen molar-refractivity contribution in [3.8, 4) is 5.75 Å². The number of methoxy groups -OCH3 is 1. The third-order valence-corrected chi connectivity index (χ3v) is 5.09. The summed E-state index contributed by atoms with van der Waals surface area (Å²) in [5.74, 6) is 0.870. The van der Waals surface area contributed by atoms with Crippen molar-refractivity contribution in [2.24, 2.45) is 0 Å². The van der Waals surface area contributed by atoms with Crippen molar-refractivity contribution >= 4 is 23.6 Å². The van der Waals surface area contributed by atoms with Gasteiger partial charge >= 0.3 is 0 Å². The summed E-state index contributed by atoms with van der Waals surface area (Å²) < 4.78 is 5.41. The SMILES string of the molecule is COc1ccccc1[C@@H]1S[C@H](C)C(=O)N1CCC(=O)N(C)C. The highest BCUT2D eigenvalue weighted by molar-refractivity contribution is 8.01. The van der Waals surface area contributed by atoms with Gasteiger partial charge in [-0.2, -0.15) is 0 Å². The van der Waals surface area contributed by atoms with E-state index in [1.807, 2.05) is 31.2 Å². The van der Waals surface area contributed by atoms with E-state index in [9.17, 15) is 9.59 Å². The van der Waals surface area contributed by atoms with Crippen molar-refractivity contribution in [1.82, 2.24) is 9.80 Å². The lowest BCUT2D eigenvalue weighted by Crippen LogP contribution is -2.34. The second kappa shape index (κ2) is 7.05. The third kappa shape index (κ3) is 3.38. The molecule has 1 saturated heterocycles. The van der Waals surface area contributed by atoms with Crippen molar-refractivity contribution in [2.75, 3.05) is 27.7 Å². The van der Waals surface area contributed by atoms with Crippen LogP contribution in [0.5, 0.6) is 5.75 Å². The largest absolute Gasteiger partial charge is 0.496 e. The molecule has 1 aromatic rings. The van der Waals surface area contributed by atoms with Gasteiger partial charge in [-0.3, -0.25) is 9.59 Å². The van der Waals surface area contributed by atoms with E-state index in [4.69, 9.17) is 4.74 Å². The van der Waals surface area contributed by atoms with Gasteiger partial charge in [-0.1, -0.05) is 18.2 Å². The molecule has 0 saturated carbocycles. The van der Waals surface area contributed by atoms with Crippen LogP contribution in [0, 0.1) is 0 Å². The Hall–Kier alpha value is -1.69. The van der Waals surface area contributed by atoms with Gasteiger partial charge in [-0.05, 0) is 13.0 Å². The van der Waals surface area contributed by atoms with E-state index in [1.165, 1.54) is 0 Å². The maximum Gasteiger partial charge on any atom is 0.236 e. The minimum absolute atomic E-state index is 0.0242. The molecule has 1 aliphatic heterocycles. The molecule has 120 valence electrons. The number of carbonyl (C=O) groups excluding carboxylic acids is 2. The number of carbonyl (C=O) groups is 2. The molecule has 0 N–H and O–H groups in total. The smallest absolute Gasteiger partial charge is 0.236 e. The summed E-state index contributed by atoms with van der Waals surface area (Å²) >= 11 is 1.60. The van der Waals surface area contributed by atoms with Crippen molar-refractivity contribution in [1.29, 1.82) is 0 Å². The van der Waals surface area contributed by atoms with Gasteiger partial charge in [-0.15, -0.1) is 11.8 Å². The van der Waals surface area contributed by atoms with E-state index >= 15 is 0 Å². The molecule has 2 amide bonds. The molecule has 1 heterocycles. The van der Waals surface area contributed by atoms with Crippen LogP contribution in [-0.4, -0.2) is 54.6 Å². The van der Waals surface area contributed by atoms with E-state index in [-0.39, 0.29) is 22.4 Å². The zero-order chi connectivity index (χ0) is 16.3. The summed E-state index contributed by atoms with van der Waals surface area (Å²) in [5, 5.41) is -0.210. The van der Waals surface area contributed by atoms with Gasteiger partial charge in [0.2, 0.25) is 11.8 Å². The Morgan fingerprint density at radius 2 is 2.05 bits per heavy atom. The topological polar surface area (TPSA) is 49.9 Å². The van der Waals surface area contributed by atoms with E-state index < -0.39 is 0 Å². The molecule has 6 heteroatoms. The molecule has 0 bridgehead atoms. The van der Waals surface area contributed by atoms with Gasteiger partial charge in [0.1, 0.15) is 11.1 Å². The maximum absolute atomic E-state index is 12.4. The Labute approximate surface area is 135 Å². The first-order chi connectivity index (χ1) is 10.5. The standard InChI is InChI=1S/C16H22N2O3S/c1-11-15(20)18(10-9-14(19)17(2)3)16(22-11)12-7-5-6-8-13(12)21-4/h5-8,11,16H,9-10H2,1-4H3/t11-,16+/m1/s1. The van der Waals surface area contributed by atoms with Crippen LogP contribution in [0.25, 0.3) is 0 Å². The zero-order valence-corrected chi connectivity index (χ0v) is 14.2. The Morgan fingerprint density at radius 3 is 2.68 bits per heavy atom. The number of hydrogen-bond donors (Lipinski definition) is 0. The average molecular weight is 322 g/mol. The summed E-state index contributed by atoms with van der Waals surface area (Å²) in [5.41, 5.74) is 0.977. The summed E-state index contributed by atoms with van der Waals surface area (Å²) in [6.07, 6.45) is 0.331. The molecule has 1 aromatic carbocycles. The summed E-state index contributed by atoms with van der Waals surface area (Å²) in [7, 11) is 5.08. The minimum Gasteiger partial charge on any atom is -0.496 e. The summed E-state index contributed by atoms with van der Waals surface area (Å²) in [4.78, 5) is 27.6. The molecular weight excluding hydrogens is 300 g/mol. The zero-order valence-electron chi connectivity index (χ0n) is 13.4. The molecule has 0 aliphatic carbocycles. The Bertz CT molecular complexity index is 562. The Kier molecular flexibility index (Phi) is 5.34. The fourth-order valence-corrected chi connectivity index (χ4v) is 3.79. The van der Waals surface area contributed by atoms with Crippen LogP contribution >= 0.6 is 11.8 Å². The lowest BCUT2D eigenvalue weighted by molar-refractivity contribution is -0.132. The first-order valence-electron chi connectivity index (χ1n) is 7.24. The van der Waals surface area contributed by atoms with E-state index in [0.717, 1.165) is 11.3 Å². The molecule has 0 spiro atoms. The second-order valence-corrected chi connectivity index (χ2v) is 6.87. The number of amides is 2. The van der Waals surface area contributed by atoms with Crippen LogP contribution in [-0.2, 0) is 9.59 Å². The number of ether oxygens (including phenoxy) is 1. The number of rotatable bonds is 5. The highest BCUT2D eigenvalue weighted by Gasteiger charge is 2.39. The van der Waals surface area contributed by atoms with E-state index in [0.29, 0.717) is 13.0 Å². The Morgan fingerprint density at radius 1 is 1.36 bits per heavy atom. The van der Waals surface area contributed by atoms with Crippen LogP contribution in [0.3, 0.4) is 0 Å². The number of hydrogen-bond acceptors (Lipinski definition) is 4. The van der Waals surface area contributed by atoms with Crippen LogP contribution in [0.2, 0.25) is 0 Å². The molecule has 1 fully saturated rings. The predicted octanol–water partition coefficient (Wildman–Crippen LogP) is 2.14. The molecule has 22 heavy (non-hydrogen) atoms. The average Bonchev–Trinajstić information content (AvgIpc) is 2.80. The van der Waals surface area contributed by atoms with Gasteiger partial charge in [-0.25, -0.2) is 0 Å². The lowest BCUT2D eigenvalue weighted by Gasteiger charge is -2.25. The number of nitrogens with zero attached hydrogens (tertiary/aromatic N) is 2. The van der Waals surface area contributed by atoms with Gasteiger partial charge in [0.05, 0.1) is 12.4 Å². The Balaban J connectivity index is 2.21. The summed E-state index contributed by atoms with van der Waals surface area (Å²) in [6.45, 7) is 2.33. The van der Waals surface area contributed by atoms with Crippen LogP contribution in [0.1, 0.15) is 24.3 Å². The van der Waals surface area contributed by atoms with Crippen LogP contribution < -0.4 is 4.74 Å². The molecule has 0 aromatic heterocycles. The van der Waals surface area contributed by atoms with E-state index in [2.05, 4.69) is 0 Å². The fourth-order valence-electron chi connectivity index (χ4n) is 2.45. The molecule has 2 atom stereocenters. The monoisotopic (exact) mass is 322 g/mol. The highest BCUT2D eigenvalue weighted by Crippen LogP contribution is 2.45. The maximum atomic E-state index is 12.4. The summed E-state index contributed by atoms with van der Waals surface area (Å²) in [6, 6.07) is 7.72. The first-order valence-corrected chi connectivity index (χ1v) is 8.19.